The first kappa shape index (κ1) is 22.4. The molecular weight excluding hydrogens is 458 g/mol. The Bertz CT molecular complexity index is 1040. The van der Waals surface area contributed by atoms with E-state index < -0.39 is 12.2 Å². The Morgan fingerprint density at radius 1 is 1.31 bits per heavy atom. The fourth-order valence-corrected chi connectivity index (χ4v) is 4.65. The summed E-state index contributed by atoms with van der Waals surface area (Å²) in [5, 5.41) is 2.78. The van der Waals surface area contributed by atoms with E-state index in [1.807, 2.05) is 6.92 Å². The van der Waals surface area contributed by atoms with Crippen molar-refractivity contribution in [1.82, 2.24) is 5.32 Å². The third kappa shape index (κ3) is 4.38. The van der Waals surface area contributed by atoms with Gasteiger partial charge < -0.3 is 24.4 Å². The summed E-state index contributed by atoms with van der Waals surface area (Å²) in [4.78, 5) is 40.7. The Balaban J connectivity index is 1.48. The van der Waals surface area contributed by atoms with Crippen LogP contribution in [-0.2, 0) is 14.3 Å². The Kier molecular flexibility index (Phi) is 6.54. The van der Waals surface area contributed by atoms with E-state index in [0.29, 0.717) is 39.5 Å². The molecule has 170 valence electrons. The minimum atomic E-state index is -0.549. The number of ether oxygens (including phenoxy) is 3. The number of cyclic esters (lactones) is 1. The van der Waals surface area contributed by atoms with Crippen molar-refractivity contribution in [3.8, 4) is 5.75 Å². The molecule has 2 aliphatic heterocycles. The summed E-state index contributed by atoms with van der Waals surface area (Å²) in [5.41, 5.74) is 1.19. The minimum Gasteiger partial charge on any atom is -0.494 e. The molecule has 0 spiro atoms. The highest BCUT2D eigenvalue weighted by Crippen LogP contribution is 2.37. The molecule has 1 aromatic heterocycles. The summed E-state index contributed by atoms with van der Waals surface area (Å²) in [6.45, 7) is 2.92. The predicted molar refractivity (Wildman–Crippen MR) is 120 cm³/mol. The topological polar surface area (TPSA) is 97.4 Å². The molecule has 0 saturated carbocycles. The van der Waals surface area contributed by atoms with Gasteiger partial charge in [0.15, 0.2) is 0 Å². The van der Waals surface area contributed by atoms with Gasteiger partial charge in [-0.1, -0.05) is 11.6 Å². The number of hydrogen-bond acceptors (Lipinski definition) is 7. The lowest BCUT2D eigenvalue weighted by atomic mass is 10.1. The maximum atomic E-state index is 12.7. The summed E-state index contributed by atoms with van der Waals surface area (Å²) in [5.74, 6) is 0.0204. The van der Waals surface area contributed by atoms with Crippen LogP contribution >= 0.6 is 22.9 Å². The second kappa shape index (κ2) is 9.35. The van der Waals surface area contributed by atoms with E-state index in [2.05, 4.69) is 5.32 Å². The van der Waals surface area contributed by atoms with Crippen LogP contribution in [0.2, 0.25) is 4.34 Å². The maximum absolute atomic E-state index is 12.7. The van der Waals surface area contributed by atoms with E-state index in [-0.39, 0.29) is 31.0 Å². The van der Waals surface area contributed by atoms with Gasteiger partial charge in [0.1, 0.15) is 18.5 Å². The Hall–Kier alpha value is -2.82. The smallest absolute Gasteiger partial charge is 0.415 e. The van der Waals surface area contributed by atoms with Crippen molar-refractivity contribution < 1.29 is 28.6 Å². The van der Waals surface area contributed by atoms with Crippen LogP contribution in [0.25, 0.3) is 0 Å². The zero-order chi connectivity index (χ0) is 22.8. The molecule has 1 aromatic carbocycles. The first-order valence-corrected chi connectivity index (χ1v) is 11.2. The van der Waals surface area contributed by atoms with Crippen molar-refractivity contribution in [3.05, 3.63) is 39.5 Å². The van der Waals surface area contributed by atoms with Crippen LogP contribution in [0.15, 0.2) is 30.3 Å². The normalized spacial score (nSPS) is 21.0. The molecule has 2 aromatic rings. The molecular formula is C21H22ClN3O6S. The third-order valence-electron chi connectivity index (χ3n) is 5.38. The molecule has 0 aliphatic carbocycles. The standard InChI is InChI=1S/C21H22ClN3O6S/c1-12-16(10-23-20(27)17-5-6-18(22)32-17)31-21(28)25(12)14-4-3-13(9-15(14)29-2)24-7-8-30-11-19(24)26/h3-6,9,12,16H,7-8,10-11H2,1-2H3,(H,23,27)/t12-,16-/m0/s1. The summed E-state index contributed by atoms with van der Waals surface area (Å²) < 4.78 is 16.7. The average molecular weight is 480 g/mol. The number of methoxy groups -OCH3 is 1. The van der Waals surface area contributed by atoms with Crippen LogP contribution in [-0.4, -0.2) is 63.5 Å². The van der Waals surface area contributed by atoms with Gasteiger partial charge in [0.05, 0.1) is 41.2 Å². The first-order valence-electron chi connectivity index (χ1n) is 9.98. The van der Waals surface area contributed by atoms with Crippen molar-refractivity contribution in [2.45, 2.75) is 19.1 Å². The van der Waals surface area contributed by atoms with Crippen LogP contribution in [0.5, 0.6) is 5.75 Å². The number of benzene rings is 1. The molecule has 4 rings (SSSR count). The van der Waals surface area contributed by atoms with E-state index in [4.69, 9.17) is 25.8 Å². The monoisotopic (exact) mass is 479 g/mol. The molecule has 2 fully saturated rings. The zero-order valence-corrected chi connectivity index (χ0v) is 19.1. The lowest BCUT2D eigenvalue weighted by molar-refractivity contribution is -0.125. The second-order valence-electron chi connectivity index (χ2n) is 7.30. The van der Waals surface area contributed by atoms with E-state index in [1.54, 1.807) is 35.2 Å². The van der Waals surface area contributed by atoms with E-state index in [0.717, 1.165) is 0 Å². The van der Waals surface area contributed by atoms with Gasteiger partial charge in [0, 0.05) is 18.3 Å². The average Bonchev–Trinajstić information content (AvgIpc) is 3.34. The Labute approximate surface area is 193 Å². The lowest BCUT2D eigenvalue weighted by Gasteiger charge is -2.28. The van der Waals surface area contributed by atoms with Gasteiger partial charge in [-0.2, -0.15) is 0 Å². The first-order chi connectivity index (χ1) is 15.4. The van der Waals surface area contributed by atoms with E-state index in [9.17, 15) is 14.4 Å². The summed E-state index contributed by atoms with van der Waals surface area (Å²) in [6, 6.07) is 8.14. The SMILES string of the molecule is COc1cc(N2CCOCC2=O)ccc1N1C(=O)O[C@@H](CNC(=O)c2ccc(Cl)s2)[C@@H]1C. The molecule has 2 saturated heterocycles. The number of amides is 3. The molecule has 2 atom stereocenters. The van der Waals surface area contributed by atoms with Crippen LogP contribution < -0.4 is 19.9 Å². The number of thiophene rings is 1. The quantitative estimate of drug-likeness (QED) is 0.684. The molecule has 9 nitrogen and oxygen atoms in total. The molecule has 2 aliphatic rings. The van der Waals surface area contributed by atoms with Gasteiger partial charge in [0.25, 0.3) is 11.8 Å². The highest BCUT2D eigenvalue weighted by molar-refractivity contribution is 7.18. The van der Waals surface area contributed by atoms with Gasteiger partial charge in [0.2, 0.25) is 0 Å². The number of nitrogens with one attached hydrogen (secondary N) is 1. The Morgan fingerprint density at radius 3 is 2.81 bits per heavy atom. The van der Waals surface area contributed by atoms with Gasteiger partial charge in [-0.05, 0) is 31.2 Å². The van der Waals surface area contributed by atoms with Crippen LogP contribution in [0, 0.1) is 0 Å². The van der Waals surface area contributed by atoms with Crippen molar-refractivity contribution in [2.75, 3.05) is 43.2 Å². The van der Waals surface area contributed by atoms with E-state index in [1.165, 1.54) is 23.3 Å². The van der Waals surface area contributed by atoms with Crippen molar-refractivity contribution in [1.29, 1.82) is 0 Å². The van der Waals surface area contributed by atoms with Gasteiger partial charge >= 0.3 is 6.09 Å². The zero-order valence-electron chi connectivity index (χ0n) is 17.5. The highest BCUT2D eigenvalue weighted by atomic mass is 35.5. The van der Waals surface area contributed by atoms with Crippen molar-refractivity contribution in [3.63, 3.8) is 0 Å². The van der Waals surface area contributed by atoms with Crippen molar-refractivity contribution in [2.24, 2.45) is 0 Å². The lowest BCUT2D eigenvalue weighted by Crippen LogP contribution is -2.42. The number of carbonyl (C=O) groups is 3. The molecule has 3 heterocycles. The largest absolute Gasteiger partial charge is 0.494 e. The van der Waals surface area contributed by atoms with Crippen LogP contribution in [0.4, 0.5) is 16.2 Å². The van der Waals surface area contributed by atoms with Gasteiger partial charge in [-0.25, -0.2) is 4.79 Å². The molecule has 3 amide bonds. The summed E-state index contributed by atoms with van der Waals surface area (Å²) >= 11 is 7.06. The number of morpholine rings is 1. The number of anilines is 2. The molecule has 0 radical (unpaired) electrons. The predicted octanol–water partition coefficient (Wildman–Crippen LogP) is 2.92. The fraction of sp³-hybridized carbons (Fsp3) is 0.381. The van der Waals surface area contributed by atoms with E-state index >= 15 is 0 Å². The maximum Gasteiger partial charge on any atom is 0.415 e. The number of carbonyl (C=O) groups excluding carboxylic acids is 3. The van der Waals surface area contributed by atoms with Gasteiger partial charge in [-0.3, -0.25) is 14.5 Å². The summed E-state index contributed by atoms with van der Waals surface area (Å²) in [7, 11) is 1.50. The highest BCUT2D eigenvalue weighted by Gasteiger charge is 2.41. The third-order valence-corrected chi connectivity index (χ3v) is 6.61. The second-order valence-corrected chi connectivity index (χ2v) is 9.02. The number of hydrogen-bond donors (Lipinski definition) is 1. The van der Waals surface area contributed by atoms with Crippen molar-refractivity contribution >= 4 is 52.2 Å². The fourth-order valence-electron chi connectivity index (χ4n) is 3.69. The van der Waals surface area contributed by atoms with Crippen LogP contribution in [0.1, 0.15) is 16.6 Å². The number of nitrogens with zero attached hydrogens (tertiary/aromatic N) is 2. The Morgan fingerprint density at radius 2 is 2.12 bits per heavy atom. The summed E-state index contributed by atoms with van der Waals surface area (Å²) in [6.07, 6.45) is -1.09. The molecule has 0 bridgehead atoms. The van der Waals surface area contributed by atoms with Crippen LogP contribution in [0.3, 0.4) is 0 Å². The molecule has 11 heteroatoms. The number of halogens is 1. The minimum absolute atomic E-state index is 0.0324. The molecule has 1 N–H and O–H groups in total. The molecule has 0 unspecified atom stereocenters. The molecule has 32 heavy (non-hydrogen) atoms. The number of rotatable bonds is 6. The van der Waals surface area contributed by atoms with Gasteiger partial charge in [-0.15, -0.1) is 11.3 Å².